The molecule has 2 rings (SSSR count). The maximum Gasteiger partial charge on any atom is 0.180 e. The fourth-order valence-corrected chi connectivity index (χ4v) is 4.47. The summed E-state index contributed by atoms with van der Waals surface area (Å²) >= 11 is 19.1. The van der Waals surface area contributed by atoms with E-state index in [0.717, 1.165) is 12.0 Å². The van der Waals surface area contributed by atoms with Gasteiger partial charge in [0.05, 0.1) is 11.6 Å². The molecule has 0 aromatic heterocycles. The van der Waals surface area contributed by atoms with E-state index in [9.17, 15) is 0 Å². The summed E-state index contributed by atoms with van der Waals surface area (Å²) in [4.78, 5) is 0. The van der Waals surface area contributed by atoms with Crippen LogP contribution in [-0.2, 0) is 13.2 Å². The van der Waals surface area contributed by atoms with Crippen LogP contribution in [0, 0.1) is 5.41 Å². The van der Waals surface area contributed by atoms with Crippen LogP contribution < -0.4 is 14.8 Å². The summed E-state index contributed by atoms with van der Waals surface area (Å²) in [7, 11) is 0. The van der Waals surface area contributed by atoms with Crippen molar-refractivity contribution in [3.05, 3.63) is 56.5 Å². The Kier molecular flexibility index (Phi) is 8.76. The average Bonchev–Trinajstić information content (AvgIpc) is 2.59. The zero-order valence-corrected chi connectivity index (χ0v) is 20.9. The molecule has 0 unspecified atom stereocenters. The molecule has 2 aromatic carbocycles. The topological polar surface area (TPSA) is 30.5 Å². The number of hydrogen-bond acceptors (Lipinski definition) is 3. The predicted octanol–water partition coefficient (Wildman–Crippen LogP) is 7.93. The highest BCUT2D eigenvalue weighted by molar-refractivity contribution is 6.36. The highest BCUT2D eigenvalue weighted by atomic mass is 35.5. The number of rotatable bonds is 9. The number of nitrogens with one attached hydrogen (secondary N) is 1. The first-order chi connectivity index (χ1) is 13.9. The van der Waals surface area contributed by atoms with Gasteiger partial charge in [-0.05, 0) is 62.4 Å². The van der Waals surface area contributed by atoms with Crippen molar-refractivity contribution in [1.82, 2.24) is 5.32 Å². The molecule has 0 saturated heterocycles. The van der Waals surface area contributed by atoms with Gasteiger partial charge in [-0.2, -0.15) is 0 Å². The van der Waals surface area contributed by atoms with Gasteiger partial charge in [0.25, 0.3) is 0 Å². The molecule has 0 atom stereocenters. The van der Waals surface area contributed by atoms with Gasteiger partial charge < -0.3 is 14.8 Å². The van der Waals surface area contributed by atoms with Gasteiger partial charge >= 0.3 is 0 Å². The van der Waals surface area contributed by atoms with Crippen molar-refractivity contribution < 1.29 is 9.47 Å². The molecule has 0 aliphatic heterocycles. The van der Waals surface area contributed by atoms with Gasteiger partial charge in [-0.15, -0.1) is 0 Å². The maximum absolute atomic E-state index is 6.57. The number of halogens is 3. The van der Waals surface area contributed by atoms with Crippen molar-refractivity contribution in [2.45, 2.75) is 66.7 Å². The summed E-state index contributed by atoms with van der Waals surface area (Å²) in [6, 6.07) is 9.25. The Morgan fingerprint density at radius 2 is 1.53 bits per heavy atom. The van der Waals surface area contributed by atoms with Gasteiger partial charge in [-0.25, -0.2) is 0 Å². The Hall–Kier alpha value is -1.13. The normalized spacial score (nSPS) is 12.2. The summed E-state index contributed by atoms with van der Waals surface area (Å²) < 4.78 is 11.8. The molecule has 0 spiro atoms. The largest absolute Gasteiger partial charge is 0.490 e. The van der Waals surface area contributed by atoms with Crippen LogP contribution in [0.15, 0.2) is 30.3 Å². The molecule has 0 radical (unpaired) electrons. The molecule has 0 aliphatic carbocycles. The lowest BCUT2D eigenvalue weighted by Gasteiger charge is -2.33. The first-order valence-electron chi connectivity index (χ1n) is 10.2. The Morgan fingerprint density at radius 3 is 2.10 bits per heavy atom. The smallest absolute Gasteiger partial charge is 0.180 e. The van der Waals surface area contributed by atoms with Crippen LogP contribution in [0.5, 0.6) is 11.5 Å². The van der Waals surface area contributed by atoms with E-state index in [2.05, 4.69) is 39.9 Å². The van der Waals surface area contributed by atoms with Crippen LogP contribution in [0.2, 0.25) is 15.1 Å². The highest BCUT2D eigenvalue weighted by Crippen LogP contribution is 2.38. The minimum Gasteiger partial charge on any atom is -0.490 e. The second-order valence-electron chi connectivity index (χ2n) is 9.30. The second kappa shape index (κ2) is 10.5. The molecule has 2 aromatic rings. The van der Waals surface area contributed by atoms with Crippen LogP contribution in [0.4, 0.5) is 0 Å². The van der Waals surface area contributed by atoms with Gasteiger partial charge in [-0.3, -0.25) is 0 Å². The standard InChI is InChI=1S/C24H32Cl3NO2/c1-7-29-21-12-16(13-28-24(5,6)15-23(2,3)4)11-20(27)22(21)30-14-17-18(25)9-8-10-19(17)26/h8-12,28H,7,13-15H2,1-6H3. The molecule has 0 bridgehead atoms. The summed E-state index contributed by atoms with van der Waals surface area (Å²) in [6.45, 7) is 14.5. The van der Waals surface area contributed by atoms with E-state index in [-0.39, 0.29) is 17.6 Å². The van der Waals surface area contributed by atoms with E-state index in [0.29, 0.717) is 45.3 Å². The van der Waals surface area contributed by atoms with Gasteiger partial charge in [-0.1, -0.05) is 61.6 Å². The van der Waals surface area contributed by atoms with Crippen molar-refractivity contribution in [2.24, 2.45) is 5.41 Å². The third-order valence-corrected chi connectivity index (χ3v) is 5.52. The van der Waals surface area contributed by atoms with E-state index in [1.807, 2.05) is 19.1 Å². The zero-order chi connectivity index (χ0) is 22.5. The van der Waals surface area contributed by atoms with E-state index >= 15 is 0 Å². The summed E-state index contributed by atoms with van der Waals surface area (Å²) in [5, 5.41) is 5.23. The Labute approximate surface area is 196 Å². The Morgan fingerprint density at radius 1 is 0.900 bits per heavy atom. The quantitative estimate of drug-likeness (QED) is 0.402. The first-order valence-corrected chi connectivity index (χ1v) is 11.3. The monoisotopic (exact) mass is 471 g/mol. The van der Waals surface area contributed by atoms with Crippen LogP contribution in [0.25, 0.3) is 0 Å². The first kappa shape index (κ1) is 25.1. The van der Waals surface area contributed by atoms with E-state index in [4.69, 9.17) is 44.3 Å². The van der Waals surface area contributed by atoms with Crippen LogP contribution in [0.1, 0.15) is 59.1 Å². The molecule has 6 heteroatoms. The predicted molar refractivity (Wildman–Crippen MR) is 128 cm³/mol. The average molecular weight is 473 g/mol. The number of ether oxygens (including phenoxy) is 2. The molecular formula is C24H32Cl3NO2. The summed E-state index contributed by atoms with van der Waals surface area (Å²) in [5.41, 5.74) is 1.98. The van der Waals surface area contributed by atoms with Gasteiger partial charge in [0.2, 0.25) is 0 Å². The molecular weight excluding hydrogens is 441 g/mol. The summed E-state index contributed by atoms with van der Waals surface area (Å²) in [6.07, 6.45) is 1.05. The minimum atomic E-state index is -0.00746. The third-order valence-electron chi connectivity index (χ3n) is 4.54. The lowest BCUT2D eigenvalue weighted by Crippen LogP contribution is -2.41. The minimum absolute atomic E-state index is 0.00746. The number of hydrogen-bond donors (Lipinski definition) is 1. The molecule has 30 heavy (non-hydrogen) atoms. The Balaban J connectivity index is 2.19. The molecule has 1 N–H and O–H groups in total. The third kappa shape index (κ3) is 7.53. The van der Waals surface area contributed by atoms with E-state index in [1.54, 1.807) is 18.2 Å². The molecule has 0 aliphatic rings. The lowest BCUT2D eigenvalue weighted by molar-refractivity contribution is 0.240. The van der Waals surface area contributed by atoms with Gasteiger partial charge in [0.1, 0.15) is 6.61 Å². The lowest BCUT2D eigenvalue weighted by atomic mass is 9.82. The molecule has 0 fully saturated rings. The van der Waals surface area contributed by atoms with Crippen molar-refractivity contribution in [3.8, 4) is 11.5 Å². The fourth-order valence-electron chi connectivity index (χ4n) is 3.67. The van der Waals surface area contributed by atoms with Crippen LogP contribution >= 0.6 is 34.8 Å². The van der Waals surface area contributed by atoms with Gasteiger partial charge in [0, 0.05) is 27.7 Å². The van der Waals surface area contributed by atoms with Crippen molar-refractivity contribution in [1.29, 1.82) is 0 Å². The molecule has 0 heterocycles. The highest BCUT2D eigenvalue weighted by Gasteiger charge is 2.25. The summed E-state index contributed by atoms with van der Waals surface area (Å²) in [5.74, 6) is 1.10. The SMILES string of the molecule is CCOc1cc(CNC(C)(C)CC(C)(C)C)cc(Cl)c1OCc1c(Cl)cccc1Cl. The Bertz CT molecular complexity index is 840. The molecule has 0 amide bonds. The fraction of sp³-hybridized carbons (Fsp3) is 0.500. The van der Waals surface area contributed by atoms with Crippen molar-refractivity contribution in [3.63, 3.8) is 0 Å². The molecule has 0 saturated carbocycles. The van der Waals surface area contributed by atoms with Crippen LogP contribution in [-0.4, -0.2) is 12.1 Å². The van der Waals surface area contributed by atoms with Crippen molar-refractivity contribution >= 4 is 34.8 Å². The maximum atomic E-state index is 6.57. The van der Waals surface area contributed by atoms with E-state index < -0.39 is 0 Å². The van der Waals surface area contributed by atoms with E-state index in [1.165, 1.54) is 0 Å². The molecule has 3 nitrogen and oxygen atoms in total. The van der Waals surface area contributed by atoms with Gasteiger partial charge in [0.15, 0.2) is 11.5 Å². The number of benzene rings is 2. The van der Waals surface area contributed by atoms with Crippen molar-refractivity contribution in [2.75, 3.05) is 6.61 Å². The second-order valence-corrected chi connectivity index (χ2v) is 10.5. The zero-order valence-electron chi connectivity index (χ0n) is 18.7. The molecule has 166 valence electrons. The van der Waals surface area contributed by atoms with Crippen LogP contribution in [0.3, 0.4) is 0 Å².